The van der Waals surface area contributed by atoms with E-state index in [1.165, 1.54) is 4.68 Å². The summed E-state index contributed by atoms with van der Waals surface area (Å²) in [4.78, 5) is 38.0. The summed E-state index contributed by atoms with van der Waals surface area (Å²) in [6, 6.07) is 10.8. The molecule has 1 amide bonds. The number of carbonyl (C=O) groups is 3. The zero-order chi connectivity index (χ0) is 28.1. The van der Waals surface area contributed by atoms with Crippen molar-refractivity contribution in [2.75, 3.05) is 6.61 Å². The molecule has 0 aliphatic carbocycles. The van der Waals surface area contributed by atoms with E-state index in [0.717, 1.165) is 5.56 Å². The molecule has 0 saturated carbocycles. The van der Waals surface area contributed by atoms with Crippen LogP contribution in [0.25, 0.3) is 16.9 Å². The molecule has 1 N–H and O–H groups in total. The maximum atomic E-state index is 13.4. The Balaban J connectivity index is 1.98. The second-order valence-corrected chi connectivity index (χ2v) is 10.7. The Labute approximate surface area is 236 Å². The van der Waals surface area contributed by atoms with E-state index in [4.69, 9.17) is 44.3 Å². The summed E-state index contributed by atoms with van der Waals surface area (Å²) in [7, 11) is 0. The number of rotatable bonds is 8. The molecule has 3 rings (SSSR count). The largest absolute Gasteiger partial charge is 0.516 e. The maximum absolute atomic E-state index is 13.4. The number of nitrogens with one attached hydrogen (secondary N) is 1. The van der Waals surface area contributed by atoms with Gasteiger partial charge in [-0.3, -0.25) is 4.79 Å². The molecule has 0 spiro atoms. The number of esters is 1. The second kappa shape index (κ2) is 12.7. The number of carbonyl (C=O) groups excluding carboxylic acids is 3. The summed E-state index contributed by atoms with van der Waals surface area (Å²) >= 11 is 18.6. The average Bonchev–Trinajstić information content (AvgIpc) is 3.18. The Bertz CT molecular complexity index is 1340. The van der Waals surface area contributed by atoms with Gasteiger partial charge in [0.1, 0.15) is 6.04 Å². The lowest BCUT2D eigenvalue weighted by atomic mass is 10.0. The lowest BCUT2D eigenvalue weighted by molar-refractivity contribution is -0.143. The first kappa shape index (κ1) is 29.5. The predicted molar refractivity (Wildman–Crippen MR) is 147 cm³/mol. The molecule has 0 aliphatic heterocycles. The van der Waals surface area contributed by atoms with E-state index in [-0.39, 0.29) is 18.2 Å². The van der Waals surface area contributed by atoms with Crippen molar-refractivity contribution in [3.63, 3.8) is 0 Å². The van der Waals surface area contributed by atoms with Gasteiger partial charge >= 0.3 is 12.1 Å². The molecule has 0 aliphatic rings. The number of ether oxygens (including phenoxy) is 2. The van der Waals surface area contributed by atoms with Crippen LogP contribution in [0.2, 0.25) is 15.1 Å². The molecule has 38 heavy (non-hydrogen) atoms. The first-order valence-corrected chi connectivity index (χ1v) is 13.0. The van der Waals surface area contributed by atoms with Crippen molar-refractivity contribution in [1.29, 1.82) is 0 Å². The SMILES string of the molecule is Cc1c(C(=O)N[C@@H](C(=O)OC(=O)OCC(C)C)C(C)C)nn(-c2ccc(Cl)cc2Cl)c1-c1ccc(Cl)cc1. The number of aromatic nitrogens is 2. The molecule has 0 bridgehead atoms. The van der Waals surface area contributed by atoms with Crippen molar-refractivity contribution in [3.8, 4) is 16.9 Å². The maximum Gasteiger partial charge on any atom is 0.516 e. The van der Waals surface area contributed by atoms with Crippen LogP contribution < -0.4 is 5.32 Å². The summed E-state index contributed by atoms with van der Waals surface area (Å²) in [6.45, 7) is 8.96. The standard InChI is InChI=1S/C27H28Cl3N3O5/c1-14(2)13-37-27(36)38-26(35)22(15(3)4)31-25(34)23-16(5)24(17-6-8-18(28)9-7-17)33(32-23)21-11-10-19(29)12-20(21)30/h6-12,14-15,22H,13H2,1-5H3,(H,31,34)/t22-/m1/s1. The van der Waals surface area contributed by atoms with Gasteiger partial charge in [-0.25, -0.2) is 14.3 Å². The monoisotopic (exact) mass is 579 g/mol. The van der Waals surface area contributed by atoms with Gasteiger partial charge in [0.2, 0.25) is 0 Å². The van der Waals surface area contributed by atoms with Crippen molar-refractivity contribution in [1.82, 2.24) is 15.1 Å². The molecule has 2 aromatic carbocycles. The van der Waals surface area contributed by atoms with Crippen molar-refractivity contribution in [2.45, 2.75) is 40.7 Å². The van der Waals surface area contributed by atoms with Crippen LogP contribution in [0.5, 0.6) is 0 Å². The molecular formula is C27H28Cl3N3O5. The second-order valence-electron chi connectivity index (χ2n) is 9.41. The van der Waals surface area contributed by atoms with Crippen molar-refractivity contribution < 1.29 is 23.9 Å². The summed E-state index contributed by atoms with van der Waals surface area (Å²) in [6.07, 6.45) is -1.12. The first-order valence-electron chi connectivity index (χ1n) is 11.9. The highest BCUT2D eigenvalue weighted by Crippen LogP contribution is 2.33. The van der Waals surface area contributed by atoms with E-state index >= 15 is 0 Å². The third-order valence-electron chi connectivity index (χ3n) is 5.52. The van der Waals surface area contributed by atoms with Gasteiger partial charge in [-0.1, -0.05) is 74.6 Å². The van der Waals surface area contributed by atoms with E-state index in [2.05, 4.69) is 10.4 Å². The van der Waals surface area contributed by atoms with Gasteiger partial charge in [-0.15, -0.1) is 0 Å². The molecule has 0 saturated heterocycles. The van der Waals surface area contributed by atoms with Gasteiger partial charge < -0.3 is 14.8 Å². The molecule has 3 aromatic rings. The van der Waals surface area contributed by atoms with Crippen molar-refractivity contribution >= 4 is 52.8 Å². The Kier molecular flexibility index (Phi) is 9.82. The van der Waals surface area contributed by atoms with Crippen LogP contribution in [0.15, 0.2) is 42.5 Å². The average molecular weight is 581 g/mol. The minimum absolute atomic E-state index is 0.0572. The lowest BCUT2D eigenvalue weighted by Crippen LogP contribution is -2.46. The Morgan fingerprint density at radius 2 is 1.61 bits per heavy atom. The summed E-state index contributed by atoms with van der Waals surface area (Å²) in [5.41, 5.74) is 2.41. The van der Waals surface area contributed by atoms with Crippen LogP contribution in [0.1, 0.15) is 43.7 Å². The molecule has 0 unspecified atom stereocenters. The number of amides is 1. The van der Waals surface area contributed by atoms with Crippen molar-refractivity contribution in [3.05, 3.63) is 68.8 Å². The zero-order valence-corrected chi connectivity index (χ0v) is 23.8. The molecule has 1 heterocycles. The van der Waals surface area contributed by atoms with Crippen molar-refractivity contribution in [2.24, 2.45) is 11.8 Å². The lowest BCUT2D eigenvalue weighted by Gasteiger charge is -2.19. The zero-order valence-electron chi connectivity index (χ0n) is 21.6. The fraction of sp³-hybridized carbons (Fsp3) is 0.333. The first-order chi connectivity index (χ1) is 17.9. The Hall–Kier alpha value is -3.07. The van der Waals surface area contributed by atoms with E-state index < -0.39 is 30.0 Å². The summed E-state index contributed by atoms with van der Waals surface area (Å²) < 4.78 is 11.3. The normalized spacial score (nSPS) is 11.9. The molecule has 8 nitrogen and oxygen atoms in total. The van der Waals surface area contributed by atoms with E-state index in [0.29, 0.717) is 32.0 Å². The molecule has 0 fully saturated rings. The van der Waals surface area contributed by atoms with E-state index in [9.17, 15) is 14.4 Å². The molecule has 1 atom stereocenters. The van der Waals surface area contributed by atoms with Crippen LogP contribution in [-0.2, 0) is 14.3 Å². The fourth-order valence-corrected chi connectivity index (χ4v) is 4.22. The molecule has 0 radical (unpaired) electrons. The third-order valence-corrected chi connectivity index (χ3v) is 6.31. The topological polar surface area (TPSA) is 99.5 Å². The van der Waals surface area contributed by atoms with Gasteiger partial charge in [0.25, 0.3) is 5.91 Å². The minimum atomic E-state index is -1.13. The van der Waals surface area contributed by atoms with Crippen LogP contribution in [0.4, 0.5) is 4.79 Å². The predicted octanol–water partition coefficient (Wildman–Crippen LogP) is 6.90. The quantitative estimate of drug-likeness (QED) is 0.230. The van der Waals surface area contributed by atoms with Gasteiger partial charge in [0.15, 0.2) is 5.69 Å². The van der Waals surface area contributed by atoms with Gasteiger partial charge in [0, 0.05) is 21.2 Å². The fourth-order valence-electron chi connectivity index (χ4n) is 3.60. The number of benzene rings is 2. The molecule has 202 valence electrons. The van der Waals surface area contributed by atoms with Gasteiger partial charge in [-0.05, 0) is 49.1 Å². The number of hydrogen-bond donors (Lipinski definition) is 1. The van der Waals surface area contributed by atoms with Crippen LogP contribution in [0.3, 0.4) is 0 Å². The number of hydrogen-bond acceptors (Lipinski definition) is 6. The highest BCUT2D eigenvalue weighted by molar-refractivity contribution is 6.35. The molecule has 1 aromatic heterocycles. The highest BCUT2D eigenvalue weighted by atomic mass is 35.5. The minimum Gasteiger partial charge on any atom is -0.434 e. The molecular weight excluding hydrogens is 553 g/mol. The Morgan fingerprint density at radius 3 is 2.18 bits per heavy atom. The number of nitrogens with zero attached hydrogens (tertiary/aromatic N) is 2. The van der Waals surface area contributed by atoms with Gasteiger partial charge in [0.05, 0.1) is 23.0 Å². The molecule has 11 heteroatoms. The van der Waals surface area contributed by atoms with Crippen LogP contribution >= 0.6 is 34.8 Å². The van der Waals surface area contributed by atoms with E-state index in [1.807, 2.05) is 13.8 Å². The number of halogens is 3. The summed E-state index contributed by atoms with van der Waals surface area (Å²) in [5.74, 6) is -1.89. The Morgan fingerprint density at radius 1 is 0.974 bits per heavy atom. The van der Waals surface area contributed by atoms with E-state index in [1.54, 1.807) is 63.2 Å². The highest BCUT2D eigenvalue weighted by Gasteiger charge is 2.31. The summed E-state index contributed by atoms with van der Waals surface area (Å²) in [5, 5.41) is 8.51. The van der Waals surface area contributed by atoms with Crippen LogP contribution in [0, 0.1) is 18.8 Å². The third kappa shape index (κ3) is 7.07. The van der Waals surface area contributed by atoms with Crippen LogP contribution in [-0.4, -0.2) is 40.5 Å². The van der Waals surface area contributed by atoms with Gasteiger partial charge in [-0.2, -0.15) is 5.10 Å². The smallest absolute Gasteiger partial charge is 0.434 e.